The van der Waals surface area contributed by atoms with E-state index in [0.29, 0.717) is 19.7 Å². The van der Waals surface area contributed by atoms with Crippen LogP contribution in [0.3, 0.4) is 0 Å². The molecule has 0 aliphatic heterocycles. The fraction of sp³-hybridized carbons (Fsp3) is 0.0435. The molecular weight excluding hydrogens is 596 g/mol. The third-order valence-electron chi connectivity index (χ3n) is 4.31. The number of amides is 1. The summed E-state index contributed by atoms with van der Waals surface area (Å²) in [7, 11) is -4.22. The van der Waals surface area contributed by atoms with E-state index in [1.807, 2.05) is 25.1 Å². The highest BCUT2D eigenvalue weighted by Gasteiger charge is 2.22. The number of anilines is 1. The lowest BCUT2D eigenvalue weighted by molar-refractivity contribution is -0.112. The molecule has 0 unspecified atom stereocenters. The summed E-state index contributed by atoms with van der Waals surface area (Å²) in [5.74, 6) is -0.729. The van der Waals surface area contributed by atoms with Gasteiger partial charge in [-0.05, 0) is 77.5 Å². The Balaban J connectivity index is 1.99. The zero-order valence-corrected chi connectivity index (χ0v) is 21.7. The first-order valence-electron chi connectivity index (χ1n) is 9.28. The Morgan fingerprint density at radius 3 is 2.33 bits per heavy atom. The minimum absolute atomic E-state index is 0.0796. The van der Waals surface area contributed by atoms with Crippen LogP contribution in [0.15, 0.2) is 80.1 Å². The smallest absolute Gasteiger partial charge is 0.339 e. The lowest BCUT2D eigenvalue weighted by atomic mass is 10.1. The summed E-state index contributed by atoms with van der Waals surface area (Å²) >= 11 is 12.5. The molecule has 33 heavy (non-hydrogen) atoms. The molecule has 168 valence electrons. The van der Waals surface area contributed by atoms with Crippen LogP contribution >= 0.6 is 43.5 Å². The fourth-order valence-electron chi connectivity index (χ4n) is 2.67. The topological polar surface area (TPSA) is 96.3 Å². The van der Waals surface area contributed by atoms with Gasteiger partial charge in [-0.25, -0.2) is 0 Å². The van der Waals surface area contributed by atoms with E-state index in [1.54, 1.807) is 18.2 Å². The number of hydrogen-bond acceptors (Lipinski definition) is 5. The van der Waals surface area contributed by atoms with Gasteiger partial charge in [-0.15, -0.1) is 0 Å². The lowest BCUT2D eigenvalue weighted by Crippen LogP contribution is -2.14. The molecule has 3 aromatic carbocycles. The van der Waals surface area contributed by atoms with Crippen LogP contribution in [0.2, 0.25) is 5.02 Å². The summed E-state index contributed by atoms with van der Waals surface area (Å²) < 4.78 is 31.9. The van der Waals surface area contributed by atoms with Gasteiger partial charge in [-0.2, -0.15) is 13.7 Å². The Morgan fingerprint density at radius 1 is 1.09 bits per heavy atom. The van der Waals surface area contributed by atoms with Crippen LogP contribution in [0.5, 0.6) is 5.75 Å². The Bertz CT molecular complexity index is 1380. The molecule has 0 atom stereocenters. The molecule has 0 saturated heterocycles. The SMILES string of the molecule is Cc1ccc(NC(=O)/C(C#N)=C/c2cc(Br)cc(Br)c2OS(=O)(=O)c2ccc(Cl)cc2)cc1. The lowest BCUT2D eigenvalue weighted by Gasteiger charge is -2.13. The first-order chi connectivity index (χ1) is 15.6. The number of hydrogen-bond donors (Lipinski definition) is 1. The molecule has 6 nitrogen and oxygen atoms in total. The van der Waals surface area contributed by atoms with E-state index in [2.05, 4.69) is 37.2 Å². The van der Waals surface area contributed by atoms with E-state index >= 15 is 0 Å². The standard InChI is InChI=1S/C23H15Br2ClN2O4S/c1-14-2-6-19(7-3-14)28-23(29)16(13-27)10-15-11-17(24)12-21(25)22(15)32-33(30,31)20-8-4-18(26)5-9-20/h2-12H,1H3,(H,28,29)/b16-10+. The Morgan fingerprint density at radius 2 is 1.73 bits per heavy atom. The van der Waals surface area contributed by atoms with E-state index in [-0.39, 0.29) is 21.8 Å². The van der Waals surface area contributed by atoms with Gasteiger partial charge in [0, 0.05) is 20.7 Å². The van der Waals surface area contributed by atoms with Crippen LogP contribution in [0.1, 0.15) is 11.1 Å². The van der Waals surface area contributed by atoms with Crippen molar-refractivity contribution in [3.05, 3.63) is 91.3 Å². The Hall–Kier alpha value is -2.64. The molecule has 1 N–H and O–H groups in total. The average molecular weight is 611 g/mol. The second kappa shape index (κ2) is 10.5. The molecule has 3 aromatic rings. The predicted molar refractivity (Wildman–Crippen MR) is 135 cm³/mol. The quantitative estimate of drug-likeness (QED) is 0.196. The molecule has 0 heterocycles. The van der Waals surface area contributed by atoms with Gasteiger partial charge in [-0.3, -0.25) is 4.79 Å². The summed E-state index contributed by atoms with van der Waals surface area (Å²) in [6, 6.07) is 17.5. The summed E-state index contributed by atoms with van der Waals surface area (Å²) in [5, 5.41) is 12.6. The molecule has 0 aliphatic carbocycles. The van der Waals surface area contributed by atoms with Crippen molar-refractivity contribution in [1.82, 2.24) is 0 Å². The van der Waals surface area contributed by atoms with E-state index < -0.39 is 16.0 Å². The Kier molecular flexibility index (Phi) is 7.97. The van der Waals surface area contributed by atoms with Crippen LogP contribution < -0.4 is 9.50 Å². The number of benzene rings is 3. The molecule has 0 bridgehead atoms. The number of nitrogens with one attached hydrogen (secondary N) is 1. The number of nitrogens with zero attached hydrogens (tertiary/aromatic N) is 1. The maximum atomic E-state index is 12.8. The number of nitriles is 1. The summed E-state index contributed by atoms with van der Waals surface area (Å²) in [6.45, 7) is 1.91. The van der Waals surface area contributed by atoms with Gasteiger partial charge in [0.15, 0.2) is 5.75 Å². The molecule has 0 aliphatic rings. The molecule has 0 aromatic heterocycles. The van der Waals surface area contributed by atoms with Crippen LogP contribution in [0.4, 0.5) is 5.69 Å². The van der Waals surface area contributed by atoms with Crippen molar-refractivity contribution < 1.29 is 17.4 Å². The van der Waals surface area contributed by atoms with Gasteiger partial charge >= 0.3 is 10.1 Å². The van der Waals surface area contributed by atoms with Crippen molar-refractivity contribution in [3.63, 3.8) is 0 Å². The van der Waals surface area contributed by atoms with E-state index in [1.165, 1.54) is 36.4 Å². The van der Waals surface area contributed by atoms with Crippen molar-refractivity contribution in [3.8, 4) is 11.8 Å². The minimum Gasteiger partial charge on any atom is -0.377 e. The van der Waals surface area contributed by atoms with Gasteiger partial charge in [0.25, 0.3) is 5.91 Å². The molecule has 0 spiro atoms. The minimum atomic E-state index is -4.22. The zero-order chi connectivity index (χ0) is 24.2. The summed E-state index contributed by atoms with van der Waals surface area (Å²) in [5.41, 5.74) is 1.49. The van der Waals surface area contributed by atoms with Crippen LogP contribution in [-0.2, 0) is 14.9 Å². The first-order valence-corrected chi connectivity index (χ1v) is 12.6. The molecule has 0 saturated carbocycles. The monoisotopic (exact) mass is 608 g/mol. The third kappa shape index (κ3) is 6.45. The van der Waals surface area contributed by atoms with E-state index in [0.717, 1.165) is 5.56 Å². The maximum absolute atomic E-state index is 12.8. The molecule has 1 amide bonds. The van der Waals surface area contributed by atoms with E-state index in [9.17, 15) is 18.5 Å². The molecule has 10 heteroatoms. The molecule has 0 radical (unpaired) electrons. The first kappa shape index (κ1) is 25.0. The number of carbonyl (C=O) groups excluding carboxylic acids is 1. The third-order valence-corrected chi connectivity index (χ3v) is 6.84. The molecule has 0 fully saturated rings. The zero-order valence-electron chi connectivity index (χ0n) is 17.0. The highest BCUT2D eigenvalue weighted by atomic mass is 79.9. The van der Waals surface area contributed by atoms with Crippen LogP contribution in [0.25, 0.3) is 6.08 Å². The van der Waals surface area contributed by atoms with Crippen molar-refractivity contribution in [2.24, 2.45) is 0 Å². The van der Waals surface area contributed by atoms with Gasteiger partial charge < -0.3 is 9.50 Å². The number of carbonyl (C=O) groups is 1. The van der Waals surface area contributed by atoms with Crippen molar-refractivity contribution >= 4 is 71.2 Å². The van der Waals surface area contributed by atoms with Gasteiger partial charge in [0.05, 0.1) is 4.47 Å². The van der Waals surface area contributed by atoms with Crippen molar-refractivity contribution in [2.45, 2.75) is 11.8 Å². The fourth-order valence-corrected chi connectivity index (χ4v) is 5.22. The second-order valence-corrected chi connectivity index (χ2v) is 10.5. The van der Waals surface area contributed by atoms with Gasteiger partial charge in [0.1, 0.15) is 16.5 Å². The molecular formula is C23H15Br2ClN2O4S. The number of aryl methyl sites for hydroxylation is 1. The van der Waals surface area contributed by atoms with Crippen molar-refractivity contribution in [1.29, 1.82) is 5.26 Å². The highest BCUT2D eigenvalue weighted by molar-refractivity contribution is 9.11. The summed E-state index contributed by atoms with van der Waals surface area (Å²) in [6.07, 6.45) is 1.26. The largest absolute Gasteiger partial charge is 0.377 e. The second-order valence-electron chi connectivity index (χ2n) is 6.79. The number of halogens is 3. The van der Waals surface area contributed by atoms with Crippen molar-refractivity contribution in [2.75, 3.05) is 5.32 Å². The summed E-state index contributed by atoms with van der Waals surface area (Å²) in [4.78, 5) is 12.6. The van der Waals surface area contributed by atoms with Gasteiger partial charge in [0.2, 0.25) is 0 Å². The normalized spacial score (nSPS) is 11.5. The maximum Gasteiger partial charge on any atom is 0.339 e. The number of rotatable bonds is 6. The molecule has 3 rings (SSSR count). The van der Waals surface area contributed by atoms with Gasteiger partial charge in [-0.1, -0.05) is 45.2 Å². The average Bonchev–Trinajstić information content (AvgIpc) is 2.76. The Labute approximate surface area is 213 Å². The predicted octanol–water partition coefficient (Wildman–Crippen LogP) is 6.49. The van der Waals surface area contributed by atoms with Crippen LogP contribution in [-0.4, -0.2) is 14.3 Å². The van der Waals surface area contributed by atoms with Crippen LogP contribution in [0, 0.1) is 18.3 Å². The highest BCUT2D eigenvalue weighted by Crippen LogP contribution is 2.36. The van der Waals surface area contributed by atoms with E-state index in [4.69, 9.17) is 15.8 Å².